The number of aromatic hydroxyl groups is 1. The Morgan fingerprint density at radius 2 is 2.15 bits per heavy atom. The molecular formula is C20H23N3O2S. The summed E-state index contributed by atoms with van der Waals surface area (Å²) in [6, 6.07) is 7.54. The summed E-state index contributed by atoms with van der Waals surface area (Å²) in [5, 5.41) is 10.7. The molecule has 1 heterocycles. The second-order valence-corrected chi connectivity index (χ2v) is 6.90. The molecule has 26 heavy (non-hydrogen) atoms. The second kappa shape index (κ2) is 8.27. The minimum absolute atomic E-state index is 0.125. The van der Waals surface area contributed by atoms with Gasteiger partial charge in [-0.25, -0.2) is 0 Å². The minimum Gasteiger partial charge on any atom is -0.494 e. The Balaban J connectivity index is 1.88. The number of aromatic amines is 1. The standard InChI is InChI=1S/C20H23N3O2S/c1-14-7-5-6-10-17(14)23-19(25)16(18(24)22-20(23)26)13-21-12-11-15-8-3-2-4-9-15/h5-8,10,13,25H,2-4,9,11-12H2,1H3,(H,22,24,26). The van der Waals surface area contributed by atoms with Gasteiger partial charge >= 0.3 is 0 Å². The van der Waals surface area contributed by atoms with Crippen LogP contribution < -0.4 is 5.56 Å². The summed E-state index contributed by atoms with van der Waals surface area (Å²) in [5.41, 5.74) is 2.80. The molecule has 0 unspecified atom stereocenters. The quantitative estimate of drug-likeness (QED) is 0.471. The Morgan fingerprint density at radius 3 is 2.88 bits per heavy atom. The van der Waals surface area contributed by atoms with Crippen LogP contribution in [0.3, 0.4) is 0 Å². The van der Waals surface area contributed by atoms with Gasteiger partial charge in [-0.3, -0.25) is 19.3 Å². The number of aryl methyl sites for hydroxylation is 1. The molecule has 3 rings (SSSR count). The maximum Gasteiger partial charge on any atom is 0.264 e. The number of aliphatic imine (C=N–C) groups is 1. The third-order valence-corrected chi connectivity index (χ3v) is 4.93. The number of rotatable bonds is 5. The summed E-state index contributed by atoms with van der Waals surface area (Å²) < 4.78 is 1.63. The highest BCUT2D eigenvalue weighted by molar-refractivity contribution is 7.71. The number of allylic oxidation sites excluding steroid dienone is 1. The van der Waals surface area contributed by atoms with Crippen LogP contribution in [0.1, 0.15) is 43.2 Å². The van der Waals surface area contributed by atoms with Gasteiger partial charge in [-0.05, 0) is 62.9 Å². The molecule has 0 radical (unpaired) electrons. The lowest BCUT2D eigenvalue weighted by Gasteiger charge is -2.13. The molecule has 1 aliphatic rings. The van der Waals surface area contributed by atoms with Crippen molar-refractivity contribution in [1.82, 2.24) is 9.55 Å². The van der Waals surface area contributed by atoms with E-state index in [2.05, 4.69) is 16.1 Å². The zero-order chi connectivity index (χ0) is 18.5. The monoisotopic (exact) mass is 369 g/mol. The van der Waals surface area contributed by atoms with Gasteiger partial charge < -0.3 is 5.11 Å². The Bertz CT molecular complexity index is 970. The van der Waals surface area contributed by atoms with E-state index in [1.54, 1.807) is 0 Å². The van der Waals surface area contributed by atoms with Crippen LogP contribution in [0.4, 0.5) is 0 Å². The van der Waals surface area contributed by atoms with Crippen molar-refractivity contribution in [3.8, 4) is 11.6 Å². The first-order valence-electron chi connectivity index (χ1n) is 8.90. The van der Waals surface area contributed by atoms with Gasteiger partial charge in [0, 0.05) is 12.8 Å². The molecule has 0 bridgehead atoms. The topological polar surface area (TPSA) is 70.4 Å². The van der Waals surface area contributed by atoms with E-state index in [1.165, 1.54) is 29.2 Å². The van der Waals surface area contributed by atoms with Crippen LogP contribution in [0.2, 0.25) is 0 Å². The highest BCUT2D eigenvalue weighted by atomic mass is 32.1. The van der Waals surface area contributed by atoms with E-state index in [0.29, 0.717) is 6.54 Å². The molecule has 0 spiro atoms. The zero-order valence-corrected chi connectivity index (χ0v) is 15.7. The molecular weight excluding hydrogens is 346 g/mol. The normalized spacial score (nSPS) is 14.6. The average molecular weight is 369 g/mol. The van der Waals surface area contributed by atoms with Gasteiger partial charge in [-0.1, -0.05) is 29.8 Å². The summed E-state index contributed by atoms with van der Waals surface area (Å²) in [6.45, 7) is 2.53. The van der Waals surface area contributed by atoms with Crippen molar-refractivity contribution in [3.05, 3.63) is 62.2 Å². The Hall–Kier alpha value is -2.47. The van der Waals surface area contributed by atoms with Gasteiger partial charge in [0.15, 0.2) is 4.77 Å². The molecule has 136 valence electrons. The van der Waals surface area contributed by atoms with Crippen molar-refractivity contribution < 1.29 is 5.11 Å². The average Bonchev–Trinajstić information content (AvgIpc) is 2.63. The van der Waals surface area contributed by atoms with E-state index in [-0.39, 0.29) is 16.2 Å². The zero-order valence-electron chi connectivity index (χ0n) is 14.9. The van der Waals surface area contributed by atoms with E-state index in [4.69, 9.17) is 12.2 Å². The lowest BCUT2D eigenvalue weighted by atomic mass is 9.97. The predicted molar refractivity (Wildman–Crippen MR) is 107 cm³/mol. The number of nitrogens with one attached hydrogen (secondary N) is 1. The van der Waals surface area contributed by atoms with Crippen molar-refractivity contribution in [2.45, 2.75) is 39.0 Å². The number of benzene rings is 1. The molecule has 0 saturated heterocycles. The first kappa shape index (κ1) is 18.3. The van der Waals surface area contributed by atoms with E-state index in [0.717, 1.165) is 30.5 Å². The van der Waals surface area contributed by atoms with E-state index >= 15 is 0 Å². The van der Waals surface area contributed by atoms with Gasteiger partial charge in [0.2, 0.25) is 5.88 Å². The van der Waals surface area contributed by atoms with Gasteiger partial charge in [-0.2, -0.15) is 0 Å². The minimum atomic E-state index is -0.432. The maximum absolute atomic E-state index is 12.2. The number of nitrogens with zero attached hydrogens (tertiary/aromatic N) is 2. The van der Waals surface area contributed by atoms with Crippen molar-refractivity contribution >= 4 is 18.4 Å². The molecule has 1 aliphatic carbocycles. The third kappa shape index (κ3) is 4.02. The first-order chi connectivity index (χ1) is 12.6. The fraction of sp³-hybridized carbons (Fsp3) is 0.350. The molecule has 6 heteroatoms. The molecule has 0 atom stereocenters. The summed E-state index contributed by atoms with van der Waals surface area (Å²) >= 11 is 5.24. The van der Waals surface area contributed by atoms with Gasteiger partial charge in [0.25, 0.3) is 5.56 Å². The first-order valence-corrected chi connectivity index (χ1v) is 9.31. The van der Waals surface area contributed by atoms with Crippen molar-refractivity contribution in [2.24, 2.45) is 4.99 Å². The van der Waals surface area contributed by atoms with Crippen molar-refractivity contribution in [1.29, 1.82) is 0 Å². The van der Waals surface area contributed by atoms with Gasteiger partial charge in [0.1, 0.15) is 5.56 Å². The Kier molecular flexibility index (Phi) is 5.83. The highest BCUT2D eigenvalue weighted by Gasteiger charge is 2.13. The van der Waals surface area contributed by atoms with E-state index in [9.17, 15) is 9.90 Å². The summed E-state index contributed by atoms with van der Waals surface area (Å²) in [6.07, 6.45) is 9.43. The van der Waals surface area contributed by atoms with Crippen LogP contribution >= 0.6 is 12.2 Å². The third-order valence-electron chi connectivity index (χ3n) is 4.64. The van der Waals surface area contributed by atoms with Gasteiger partial charge in [0.05, 0.1) is 5.69 Å². The summed E-state index contributed by atoms with van der Waals surface area (Å²) in [5.74, 6) is -0.186. The lowest BCUT2D eigenvalue weighted by Crippen LogP contribution is -2.18. The molecule has 0 fully saturated rings. The molecule has 0 amide bonds. The largest absolute Gasteiger partial charge is 0.494 e. The Morgan fingerprint density at radius 1 is 1.35 bits per heavy atom. The van der Waals surface area contributed by atoms with Crippen LogP contribution in [0.5, 0.6) is 5.88 Å². The predicted octanol–water partition coefficient (Wildman–Crippen LogP) is 4.22. The van der Waals surface area contributed by atoms with Crippen LogP contribution in [0, 0.1) is 11.7 Å². The summed E-state index contributed by atoms with van der Waals surface area (Å²) in [4.78, 5) is 19.2. The summed E-state index contributed by atoms with van der Waals surface area (Å²) in [7, 11) is 0. The lowest BCUT2D eigenvalue weighted by molar-refractivity contribution is 0.432. The maximum atomic E-state index is 12.2. The molecule has 5 nitrogen and oxygen atoms in total. The molecule has 0 saturated carbocycles. The van der Waals surface area contributed by atoms with Crippen molar-refractivity contribution in [3.63, 3.8) is 0 Å². The fourth-order valence-electron chi connectivity index (χ4n) is 3.19. The molecule has 0 aliphatic heterocycles. The molecule has 1 aromatic carbocycles. The number of H-pyrrole nitrogens is 1. The van der Waals surface area contributed by atoms with Crippen LogP contribution in [0.25, 0.3) is 5.69 Å². The van der Waals surface area contributed by atoms with Gasteiger partial charge in [-0.15, -0.1) is 0 Å². The van der Waals surface area contributed by atoms with E-state index < -0.39 is 5.56 Å². The fourth-order valence-corrected chi connectivity index (χ4v) is 3.47. The number of aromatic nitrogens is 2. The molecule has 2 N–H and O–H groups in total. The molecule has 1 aromatic heterocycles. The Labute approximate surface area is 157 Å². The van der Waals surface area contributed by atoms with Crippen LogP contribution in [-0.2, 0) is 0 Å². The van der Waals surface area contributed by atoms with Crippen molar-refractivity contribution in [2.75, 3.05) is 6.54 Å². The van der Waals surface area contributed by atoms with Crippen LogP contribution in [-0.4, -0.2) is 27.4 Å². The smallest absolute Gasteiger partial charge is 0.264 e. The second-order valence-electron chi connectivity index (χ2n) is 6.51. The van der Waals surface area contributed by atoms with Crippen LogP contribution in [0.15, 0.2) is 45.7 Å². The SMILES string of the molecule is Cc1ccccc1-n1c(O)c(C=NCCC2=CCCCC2)c(=O)[nH]c1=S. The number of para-hydroxylation sites is 1. The highest BCUT2D eigenvalue weighted by Crippen LogP contribution is 2.22. The number of hydrogen-bond acceptors (Lipinski definition) is 4. The molecule has 2 aromatic rings. The number of hydrogen-bond donors (Lipinski definition) is 2. The van der Waals surface area contributed by atoms with E-state index in [1.807, 2.05) is 31.2 Å².